The molecule has 0 amide bonds. The summed E-state index contributed by atoms with van der Waals surface area (Å²) in [6.45, 7) is 2.12. The van der Waals surface area contributed by atoms with Crippen LogP contribution < -0.4 is 5.73 Å². The third-order valence-corrected chi connectivity index (χ3v) is 4.16. The second-order valence-corrected chi connectivity index (χ2v) is 5.33. The van der Waals surface area contributed by atoms with E-state index in [2.05, 4.69) is 6.92 Å². The van der Waals surface area contributed by atoms with Gasteiger partial charge in [0.25, 0.3) is 0 Å². The Labute approximate surface area is 98.3 Å². The van der Waals surface area contributed by atoms with Gasteiger partial charge in [-0.15, -0.1) is 0 Å². The van der Waals surface area contributed by atoms with Gasteiger partial charge in [0.15, 0.2) is 0 Å². The molecule has 1 unspecified atom stereocenters. The molecule has 1 atom stereocenters. The lowest BCUT2D eigenvalue weighted by Gasteiger charge is -2.07. The number of hydrogen-bond acceptors (Lipinski definition) is 2. The monoisotopic (exact) mass is 245 g/mol. The second-order valence-electron chi connectivity index (χ2n) is 3.41. The molecule has 0 aromatic heterocycles. The molecule has 84 valence electrons. The van der Waals surface area contributed by atoms with E-state index in [1.54, 1.807) is 18.2 Å². The molecule has 0 spiro atoms. The fraction of sp³-hybridized carbons (Fsp3) is 0.455. The summed E-state index contributed by atoms with van der Waals surface area (Å²) >= 11 is 5.96. The number of hydrogen-bond donors (Lipinski definition) is 1. The van der Waals surface area contributed by atoms with Crippen molar-refractivity contribution in [3.05, 3.63) is 23.2 Å². The predicted molar refractivity (Wildman–Crippen MR) is 66.7 cm³/mol. The van der Waals surface area contributed by atoms with E-state index in [-0.39, 0.29) is 0 Å². The normalized spacial score (nSPS) is 12.7. The van der Waals surface area contributed by atoms with Crippen LogP contribution in [0, 0.1) is 0 Å². The van der Waals surface area contributed by atoms with Crippen LogP contribution in [0.3, 0.4) is 0 Å². The van der Waals surface area contributed by atoms with E-state index in [4.69, 9.17) is 17.3 Å². The van der Waals surface area contributed by atoms with Crippen molar-refractivity contribution in [1.29, 1.82) is 0 Å². The molecule has 0 heterocycles. The van der Waals surface area contributed by atoms with Crippen LogP contribution in [0.25, 0.3) is 0 Å². The van der Waals surface area contributed by atoms with Crippen molar-refractivity contribution >= 4 is 28.1 Å². The van der Waals surface area contributed by atoms with Gasteiger partial charge >= 0.3 is 0 Å². The lowest BCUT2D eigenvalue weighted by atomic mass is 10.3. The third-order valence-electron chi connectivity index (χ3n) is 2.16. The Hall–Kier alpha value is -0.540. The van der Waals surface area contributed by atoms with Crippen LogP contribution in [0.1, 0.15) is 26.2 Å². The van der Waals surface area contributed by atoms with Crippen molar-refractivity contribution in [3.63, 3.8) is 0 Å². The van der Waals surface area contributed by atoms with Crippen molar-refractivity contribution < 1.29 is 4.21 Å². The van der Waals surface area contributed by atoms with E-state index in [9.17, 15) is 4.21 Å². The van der Waals surface area contributed by atoms with Gasteiger partial charge in [0, 0.05) is 11.4 Å². The minimum atomic E-state index is -1.06. The van der Waals surface area contributed by atoms with Crippen molar-refractivity contribution in [2.45, 2.75) is 31.1 Å². The maximum absolute atomic E-state index is 11.9. The van der Waals surface area contributed by atoms with E-state index in [0.717, 1.165) is 19.3 Å². The fourth-order valence-electron chi connectivity index (χ4n) is 1.35. The lowest BCUT2D eigenvalue weighted by molar-refractivity contribution is 0.676. The van der Waals surface area contributed by atoms with Gasteiger partial charge < -0.3 is 5.73 Å². The first-order valence-corrected chi connectivity index (χ1v) is 6.79. The van der Waals surface area contributed by atoms with Crippen LogP contribution in [0.4, 0.5) is 5.69 Å². The fourth-order valence-corrected chi connectivity index (χ4v) is 3.08. The molecule has 15 heavy (non-hydrogen) atoms. The minimum Gasteiger partial charge on any atom is -0.398 e. The van der Waals surface area contributed by atoms with Crippen molar-refractivity contribution in [2.75, 3.05) is 11.5 Å². The summed E-state index contributed by atoms with van der Waals surface area (Å²) < 4.78 is 11.9. The van der Waals surface area contributed by atoms with Crippen molar-refractivity contribution in [1.82, 2.24) is 0 Å². The Morgan fingerprint density at radius 1 is 1.40 bits per heavy atom. The molecule has 0 aliphatic rings. The summed E-state index contributed by atoms with van der Waals surface area (Å²) in [6.07, 6.45) is 3.17. The van der Waals surface area contributed by atoms with Gasteiger partial charge in [-0.25, -0.2) is 0 Å². The number of benzene rings is 1. The summed E-state index contributed by atoms with van der Waals surface area (Å²) in [5, 5.41) is 0.504. The zero-order valence-corrected chi connectivity index (χ0v) is 10.4. The van der Waals surface area contributed by atoms with Gasteiger partial charge in [-0.3, -0.25) is 4.21 Å². The SMILES string of the molecule is CCCCCS(=O)c1c(N)cccc1Cl. The van der Waals surface area contributed by atoms with E-state index < -0.39 is 10.8 Å². The molecule has 0 fully saturated rings. The third kappa shape index (κ3) is 3.50. The molecule has 0 aliphatic carbocycles. The first kappa shape index (κ1) is 12.5. The number of nitrogen functional groups attached to an aromatic ring is 1. The molecule has 2 N–H and O–H groups in total. The first-order chi connectivity index (χ1) is 7.16. The summed E-state index contributed by atoms with van der Waals surface area (Å²) in [6, 6.07) is 5.23. The van der Waals surface area contributed by atoms with Gasteiger partial charge in [-0.2, -0.15) is 0 Å². The molecular weight excluding hydrogens is 230 g/mol. The molecule has 0 aliphatic heterocycles. The molecule has 0 saturated heterocycles. The Kier molecular flexibility index (Phi) is 5.12. The molecule has 1 aromatic carbocycles. The van der Waals surface area contributed by atoms with Crippen LogP contribution in [0.15, 0.2) is 23.1 Å². The molecule has 0 bridgehead atoms. The van der Waals surface area contributed by atoms with E-state index >= 15 is 0 Å². The second kappa shape index (κ2) is 6.13. The van der Waals surface area contributed by atoms with Crippen LogP contribution in [0.2, 0.25) is 5.02 Å². The molecular formula is C11H16ClNOS. The minimum absolute atomic E-state index is 0.504. The highest BCUT2D eigenvalue weighted by molar-refractivity contribution is 7.85. The van der Waals surface area contributed by atoms with E-state index in [1.165, 1.54) is 0 Å². The maximum atomic E-state index is 11.9. The number of halogens is 1. The van der Waals surface area contributed by atoms with Gasteiger partial charge in [-0.1, -0.05) is 37.4 Å². The number of anilines is 1. The Balaban J connectivity index is 2.73. The predicted octanol–water partition coefficient (Wildman–Crippen LogP) is 3.22. The van der Waals surface area contributed by atoms with Gasteiger partial charge in [0.05, 0.1) is 20.7 Å². The summed E-state index contributed by atoms with van der Waals surface area (Å²) in [5.41, 5.74) is 6.27. The van der Waals surface area contributed by atoms with Gasteiger partial charge in [0.1, 0.15) is 0 Å². The Morgan fingerprint density at radius 3 is 2.73 bits per heavy atom. The number of rotatable bonds is 5. The highest BCUT2D eigenvalue weighted by atomic mass is 35.5. The lowest BCUT2D eigenvalue weighted by Crippen LogP contribution is -2.03. The Morgan fingerprint density at radius 2 is 2.13 bits per heavy atom. The maximum Gasteiger partial charge on any atom is 0.0803 e. The van der Waals surface area contributed by atoms with Crippen LogP contribution in [-0.2, 0) is 10.8 Å². The van der Waals surface area contributed by atoms with Crippen LogP contribution >= 0.6 is 11.6 Å². The first-order valence-electron chi connectivity index (χ1n) is 5.09. The van der Waals surface area contributed by atoms with Gasteiger partial charge in [0.2, 0.25) is 0 Å². The van der Waals surface area contributed by atoms with Crippen molar-refractivity contribution in [2.24, 2.45) is 0 Å². The quantitative estimate of drug-likeness (QED) is 0.639. The molecule has 0 radical (unpaired) electrons. The molecule has 4 heteroatoms. The topological polar surface area (TPSA) is 43.1 Å². The Bertz CT molecular complexity index is 334. The van der Waals surface area contributed by atoms with Gasteiger partial charge in [-0.05, 0) is 18.6 Å². The highest BCUT2D eigenvalue weighted by Crippen LogP contribution is 2.26. The average Bonchev–Trinajstić information content (AvgIpc) is 2.18. The molecule has 0 saturated carbocycles. The average molecular weight is 246 g/mol. The summed E-state index contributed by atoms with van der Waals surface area (Å²) in [4.78, 5) is 0.593. The zero-order valence-electron chi connectivity index (χ0n) is 8.83. The standard InChI is InChI=1S/C11H16ClNOS/c1-2-3-4-8-15(14)11-9(12)6-5-7-10(11)13/h5-7H,2-4,8,13H2,1H3. The van der Waals surface area contributed by atoms with Crippen LogP contribution in [-0.4, -0.2) is 9.96 Å². The van der Waals surface area contributed by atoms with E-state index in [1.807, 2.05) is 0 Å². The number of nitrogens with two attached hydrogens (primary N) is 1. The number of unbranched alkanes of at least 4 members (excludes halogenated alkanes) is 2. The molecule has 1 aromatic rings. The van der Waals surface area contributed by atoms with Crippen molar-refractivity contribution in [3.8, 4) is 0 Å². The molecule has 1 rings (SSSR count). The summed E-state index contributed by atoms with van der Waals surface area (Å²) in [5.74, 6) is 0.641. The molecule has 2 nitrogen and oxygen atoms in total. The van der Waals surface area contributed by atoms with E-state index in [0.29, 0.717) is 21.4 Å². The van der Waals surface area contributed by atoms with Crippen LogP contribution in [0.5, 0.6) is 0 Å². The smallest absolute Gasteiger partial charge is 0.0803 e. The highest BCUT2D eigenvalue weighted by Gasteiger charge is 2.11. The largest absolute Gasteiger partial charge is 0.398 e. The summed E-state index contributed by atoms with van der Waals surface area (Å²) in [7, 11) is -1.06. The zero-order chi connectivity index (χ0) is 11.3.